The molecule has 1 aromatic rings. The molecule has 0 aliphatic heterocycles. The monoisotopic (exact) mass is 304 g/mol. The molecule has 0 aromatic heterocycles. The fraction of sp³-hybridized carbons (Fsp3) is 0.364. The maximum Gasteiger partial charge on any atom is 0.163 e. The Morgan fingerprint density at radius 2 is 2.14 bits per heavy atom. The smallest absolute Gasteiger partial charge is 0.163 e. The summed E-state index contributed by atoms with van der Waals surface area (Å²) in [7, 11) is 0. The van der Waals surface area contributed by atoms with Crippen molar-refractivity contribution < 1.29 is 9.53 Å². The fourth-order valence-corrected chi connectivity index (χ4v) is 1.98. The van der Waals surface area contributed by atoms with Gasteiger partial charge in [0.2, 0.25) is 0 Å². The lowest BCUT2D eigenvalue weighted by atomic mass is 10.0. The van der Waals surface area contributed by atoms with E-state index in [1.165, 1.54) is 0 Å². The van der Waals surface area contributed by atoms with E-state index in [1.54, 1.807) is 6.92 Å². The molecule has 0 spiro atoms. The van der Waals surface area contributed by atoms with Crippen LogP contribution in [0.4, 0.5) is 0 Å². The highest BCUT2D eigenvalue weighted by molar-refractivity contribution is 14.1. The van der Waals surface area contributed by atoms with Crippen LogP contribution in [0.1, 0.15) is 29.8 Å². The van der Waals surface area contributed by atoms with Gasteiger partial charge in [-0.15, -0.1) is 0 Å². The first-order valence-corrected chi connectivity index (χ1v) is 5.58. The van der Waals surface area contributed by atoms with Gasteiger partial charge in [0.1, 0.15) is 5.75 Å². The highest BCUT2D eigenvalue weighted by Gasteiger charge is 2.14. The summed E-state index contributed by atoms with van der Waals surface area (Å²) in [5, 5.41) is 0. The SMILES string of the molecule is CCOc1c(I)ccc(C)c1C(C)=O. The van der Waals surface area contributed by atoms with Gasteiger partial charge in [-0.3, -0.25) is 4.79 Å². The molecule has 0 heterocycles. The molecule has 0 unspecified atom stereocenters. The van der Waals surface area contributed by atoms with Gasteiger partial charge in [0.15, 0.2) is 5.78 Å². The Hall–Kier alpha value is -0.580. The van der Waals surface area contributed by atoms with E-state index in [-0.39, 0.29) is 5.78 Å². The van der Waals surface area contributed by atoms with Crippen LogP contribution in [0.2, 0.25) is 0 Å². The molecule has 1 rings (SSSR count). The van der Waals surface area contributed by atoms with Crippen LogP contribution in [-0.4, -0.2) is 12.4 Å². The Labute approximate surface area is 97.8 Å². The van der Waals surface area contributed by atoms with E-state index in [0.29, 0.717) is 12.2 Å². The van der Waals surface area contributed by atoms with E-state index in [1.807, 2.05) is 26.0 Å². The average Bonchev–Trinajstić information content (AvgIpc) is 2.11. The molecule has 76 valence electrons. The van der Waals surface area contributed by atoms with E-state index in [2.05, 4.69) is 22.6 Å². The maximum atomic E-state index is 11.4. The van der Waals surface area contributed by atoms with Crippen molar-refractivity contribution in [2.45, 2.75) is 20.8 Å². The average molecular weight is 304 g/mol. The number of hydrogen-bond acceptors (Lipinski definition) is 2. The number of hydrogen-bond donors (Lipinski definition) is 0. The summed E-state index contributed by atoms with van der Waals surface area (Å²) >= 11 is 2.18. The van der Waals surface area contributed by atoms with Crippen molar-refractivity contribution in [1.82, 2.24) is 0 Å². The first-order chi connectivity index (χ1) is 6.57. The van der Waals surface area contributed by atoms with Gasteiger partial charge in [-0.25, -0.2) is 0 Å². The van der Waals surface area contributed by atoms with Crippen LogP contribution in [0.25, 0.3) is 0 Å². The third kappa shape index (κ3) is 2.26. The van der Waals surface area contributed by atoms with Crippen molar-refractivity contribution in [1.29, 1.82) is 0 Å². The second-order valence-electron chi connectivity index (χ2n) is 3.06. The Bertz CT molecular complexity index is 359. The van der Waals surface area contributed by atoms with Gasteiger partial charge in [-0.1, -0.05) is 6.07 Å². The molecule has 0 saturated heterocycles. The number of benzene rings is 1. The number of carbonyl (C=O) groups is 1. The van der Waals surface area contributed by atoms with Crippen molar-refractivity contribution in [3.63, 3.8) is 0 Å². The quantitative estimate of drug-likeness (QED) is 0.633. The van der Waals surface area contributed by atoms with E-state index >= 15 is 0 Å². The number of rotatable bonds is 3. The molecule has 0 bridgehead atoms. The third-order valence-electron chi connectivity index (χ3n) is 1.96. The van der Waals surface area contributed by atoms with Gasteiger partial charge in [0, 0.05) is 0 Å². The van der Waals surface area contributed by atoms with Crippen LogP contribution in [0.15, 0.2) is 12.1 Å². The summed E-state index contributed by atoms with van der Waals surface area (Å²) < 4.78 is 6.47. The zero-order valence-corrected chi connectivity index (χ0v) is 10.7. The van der Waals surface area contributed by atoms with Crippen molar-refractivity contribution in [3.8, 4) is 5.75 Å². The summed E-state index contributed by atoms with van der Waals surface area (Å²) in [6.45, 7) is 6.00. The second kappa shape index (κ2) is 4.77. The lowest BCUT2D eigenvalue weighted by Crippen LogP contribution is -2.04. The summed E-state index contributed by atoms with van der Waals surface area (Å²) in [6.07, 6.45) is 0. The normalized spacial score (nSPS) is 10.0. The van der Waals surface area contributed by atoms with Crippen LogP contribution in [0.5, 0.6) is 5.75 Å². The second-order valence-corrected chi connectivity index (χ2v) is 4.22. The Morgan fingerprint density at radius 1 is 1.50 bits per heavy atom. The minimum absolute atomic E-state index is 0.0597. The molecule has 0 N–H and O–H groups in total. The first kappa shape index (κ1) is 11.5. The predicted octanol–water partition coefficient (Wildman–Crippen LogP) is 3.20. The molecular formula is C11H13IO2. The molecule has 0 aliphatic rings. The van der Waals surface area contributed by atoms with Crippen LogP contribution >= 0.6 is 22.6 Å². The number of Topliss-reactive ketones (excluding diaryl/α,β-unsaturated/α-hetero) is 1. The Balaban J connectivity index is 3.33. The summed E-state index contributed by atoms with van der Waals surface area (Å²) in [6, 6.07) is 3.91. The highest BCUT2D eigenvalue weighted by Crippen LogP contribution is 2.28. The summed E-state index contributed by atoms with van der Waals surface area (Å²) in [4.78, 5) is 11.4. The fourth-order valence-electron chi connectivity index (χ4n) is 1.38. The zero-order valence-electron chi connectivity index (χ0n) is 8.56. The molecular weight excluding hydrogens is 291 g/mol. The molecule has 0 atom stereocenters. The number of ether oxygens (including phenoxy) is 1. The van der Waals surface area contributed by atoms with Crippen LogP contribution in [0.3, 0.4) is 0 Å². The number of aryl methyl sites for hydroxylation is 1. The number of ketones is 1. The van der Waals surface area contributed by atoms with Crippen LogP contribution in [0, 0.1) is 10.5 Å². The van der Waals surface area contributed by atoms with E-state index in [0.717, 1.165) is 14.9 Å². The maximum absolute atomic E-state index is 11.4. The Morgan fingerprint density at radius 3 is 2.64 bits per heavy atom. The van der Waals surface area contributed by atoms with Crippen LogP contribution < -0.4 is 4.74 Å². The lowest BCUT2D eigenvalue weighted by Gasteiger charge is -2.12. The Kier molecular flexibility index (Phi) is 3.92. The third-order valence-corrected chi connectivity index (χ3v) is 2.81. The van der Waals surface area contributed by atoms with Crippen molar-refractivity contribution >= 4 is 28.4 Å². The van der Waals surface area contributed by atoms with Gasteiger partial charge >= 0.3 is 0 Å². The molecule has 14 heavy (non-hydrogen) atoms. The highest BCUT2D eigenvalue weighted by atomic mass is 127. The molecule has 3 heteroatoms. The van der Waals surface area contributed by atoms with Crippen LogP contribution in [-0.2, 0) is 0 Å². The minimum Gasteiger partial charge on any atom is -0.492 e. The molecule has 0 amide bonds. The first-order valence-electron chi connectivity index (χ1n) is 4.50. The van der Waals surface area contributed by atoms with Crippen molar-refractivity contribution in [2.75, 3.05) is 6.61 Å². The minimum atomic E-state index is 0.0597. The van der Waals surface area contributed by atoms with Gasteiger partial charge < -0.3 is 4.74 Å². The number of halogens is 1. The van der Waals surface area contributed by atoms with E-state index in [9.17, 15) is 4.79 Å². The predicted molar refractivity (Wildman–Crippen MR) is 65.1 cm³/mol. The molecule has 2 nitrogen and oxygen atoms in total. The summed E-state index contributed by atoms with van der Waals surface area (Å²) in [5.41, 5.74) is 1.68. The van der Waals surface area contributed by atoms with E-state index < -0.39 is 0 Å². The van der Waals surface area contributed by atoms with Gasteiger partial charge in [0.05, 0.1) is 15.7 Å². The molecule has 0 aliphatic carbocycles. The standard InChI is InChI=1S/C11H13IO2/c1-4-14-11-9(12)6-5-7(2)10(11)8(3)13/h5-6H,4H2,1-3H3. The van der Waals surface area contributed by atoms with Gasteiger partial charge in [0.25, 0.3) is 0 Å². The van der Waals surface area contributed by atoms with Crippen molar-refractivity contribution in [2.24, 2.45) is 0 Å². The molecule has 0 radical (unpaired) electrons. The lowest BCUT2D eigenvalue weighted by molar-refractivity contribution is 0.101. The summed E-state index contributed by atoms with van der Waals surface area (Å²) in [5.74, 6) is 0.782. The largest absolute Gasteiger partial charge is 0.492 e. The topological polar surface area (TPSA) is 26.3 Å². The van der Waals surface area contributed by atoms with Gasteiger partial charge in [-0.05, 0) is 55.0 Å². The zero-order chi connectivity index (χ0) is 10.7. The molecule has 0 fully saturated rings. The van der Waals surface area contributed by atoms with Gasteiger partial charge in [-0.2, -0.15) is 0 Å². The molecule has 0 saturated carbocycles. The van der Waals surface area contributed by atoms with Crippen molar-refractivity contribution in [3.05, 3.63) is 26.8 Å². The molecule has 1 aromatic carbocycles. The van der Waals surface area contributed by atoms with E-state index in [4.69, 9.17) is 4.74 Å². The number of carbonyl (C=O) groups excluding carboxylic acids is 1.